The number of benzene rings is 1. The number of amides is 2. The maximum Gasteiger partial charge on any atom is 0.573 e. The second kappa shape index (κ2) is 7.48. The third kappa shape index (κ3) is 5.85. The minimum Gasteiger partial charge on any atom is -0.405 e. The van der Waals surface area contributed by atoms with E-state index in [1.54, 1.807) is 30.6 Å². The molecule has 0 spiro atoms. The van der Waals surface area contributed by atoms with Gasteiger partial charge in [-0.05, 0) is 17.7 Å². The Kier molecular flexibility index (Phi) is 5.40. The van der Waals surface area contributed by atoms with Gasteiger partial charge in [0.25, 0.3) is 0 Å². The summed E-state index contributed by atoms with van der Waals surface area (Å²) in [5.41, 5.74) is 1.03. The van der Waals surface area contributed by atoms with E-state index in [4.69, 9.17) is 0 Å². The second-order valence-electron chi connectivity index (χ2n) is 4.55. The average Bonchev–Trinajstić information content (AvgIpc) is 2.51. The molecule has 1 aromatic heterocycles. The van der Waals surface area contributed by atoms with Gasteiger partial charge in [-0.2, -0.15) is 0 Å². The average molecular weight is 325 g/mol. The highest BCUT2D eigenvalue weighted by Gasteiger charge is 2.31. The minimum atomic E-state index is -4.78. The van der Waals surface area contributed by atoms with E-state index in [0.29, 0.717) is 0 Å². The van der Waals surface area contributed by atoms with Gasteiger partial charge in [-0.15, -0.1) is 13.2 Å². The SMILES string of the molecule is O=C(NCc1cccnc1)NCc1ccccc1OC(F)(F)F. The predicted molar refractivity (Wildman–Crippen MR) is 76.4 cm³/mol. The van der Waals surface area contributed by atoms with Crippen molar-refractivity contribution in [2.45, 2.75) is 19.5 Å². The molecule has 0 atom stereocenters. The maximum atomic E-state index is 12.3. The zero-order valence-electron chi connectivity index (χ0n) is 11.9. The summed E-state index contributed by atoms with van der Waals surface area (Å²) in [7, 11) is 0. The largest absolute Gasteiger partial charge is 0.573 e. The van der Waals surface area contributed by atoms with Gasteiger partial charge in [-0.3, -0.25) is 4.98 Å². The Morgan fingerprint density at radius 2 is 1.83 bits per heavy atom. The highest BCUT2D eigenvalue weighted by Crippen LogP contribution is 2.25. The van der Waals surface area contributed by atoms with E-state index in [2.05, 4.69) is 20.4 Å². The summed E-state index contributed by atoms with van der Waals surface area (Å²) in [6.07, 6.45) is -1.56. The highest BCUT2D eigenvalue weighted by molar-refractivity contribution is 5.73. The Hall–Kier alpha value is -2.77. The van der Waals surface area contributed by atoms with Gasteiger partial charge in [0.2, 0.25) is 0 Å². The Morgan fingerprint density at radius 3 is 2.52 bits per heavy atom. The molecule has 2 aromatic rings. The number of hydrogen-bond donors (Lipinski definition) is 2. The molecule has 5 nitrogen and oxygen atoms in total. The van der Waals surface area contributed by atoms with Gasteiger partial charge in [0, 0.05) is 31.0 Å². The van der Waals surface area contributed by atoms with E-state index < -0.39 is 12.4 Å². The molecule has 0 aliphatic rings. The third-order valence-electron chi connectivity index (χ3n) is 2.81. The van der Waals surface area contributed by atoms with Crippen LogP contribution < -0.4 is 15.4 Å². The van der Waals surface area contributed by atoms with Crippen molar-refractivity contribution < 1.29 is 22.7 Å². The minimum absolute atomic E-state index is 0.0921. The van der Waals surface area contributed by atoms with Crippen LogP contribution in [0.5, 0.6) is 5.75 Å². The van der Waals surface area contributed by atoms with Crippen LogP contribution in [-0.4, -0.2) is 17.4 Å². The lowest BCUT2D eigenvalue weighted by Crippen LogP contribution is -2.34. The number of alkyl halides is 3. The van der Waals surface area contributed by atoms with Crippen LogP contribution in [0.15, 0.2) is 48.8 Å². The van der Waals surface area contributed by atoms with Crippen molar-refractivity contribution in [3.8, 4) is 5.75 Å². The van der Waals surface area contributed by atoms with Crippen molar-refractivity contribution in [2.24, 2.45) is 0 Å². The van der Waals surface area contributed by atoms with E-state index in [0.717, 1.165) is 5.56 Å². The number of ether oxygens (including phenoxy) is 1. The molecule has 0 saturated heterocycles. The fourth-order valence-corrected chi connectivity index (χ4v) is 1.80. The lowest BCUT2D eigenvalue weighted by atomic mass is 10.2. The number of para-hydroxylation sites is 1. The molecule has 0 fully saturated rings. The zero-order chi connectivity index (χ0) is 16.7. The molecule has 8 heteroatoms. The van der Waals surface area contributed by atoms with Crippen molar-refractivity contribution in [1.82, 2.24) is 15.6 Å². The monoisotopic (exact) mass is 325 g/mol. The molecule has 0 radical (unpaired) electrons. The first-order chi connectivity index (χ1) is 10.9. The number of rotatable bonds is 5. The van der Waals surface area contributed by atoms with Crippen molar-refractivity contribution >= 4 is 6.03 Å². The molecule has 1 aromatic carbocycles. The van der Waals surface area contributed by atoms with Gasteiger partial charge in [0.05, 0.1) is 0 Å². The van der Waals surface area contributed by atoms with Crippen LogP contribution in [0, 0.1) is 0 Å². The van der Waals surface area contributed by atoms with Gasteiger partial charge in [-0.25, -0.2) is 4.79 Å². The molecule has 0 bridgehead atoms. The molecule has 1 heterocycles. The molecule has 122 valence electrons. The summed E-state index contributed by atoms with van der Waals surface area (Å²) in [5.74, 6) is -0.340. The molecule has 0 aliphatic carbocycles. The number of nitrogens with zero attached hydrogens (tertiary/aromatic N) is 1. The number of pyridine rings is 1. The van der Waals surface area contributed by atoms with Gasteiger partial charge in [0.15, 0.2) is 0 Å². The van der Waals surface area contributed by atoms with Crippen molar-refractivity contribution in [2.75, 3.05) is 0 Å². The van der Waals surface area contributed by atoms with Gasteiger partial charge in [-0.1, -0.05) is 24.3 Å². The maximum absolute atomic E-state index is 12.3. The van der Waals surface area contributed by atoms with Crippen LogP contribution in [0.4, 0.5) is 18.0 Å². The van der Waals surface area contributed by atoms with Crippen molar-refractivity contribution in [3.05, 3.63) is 59.9 Å². The van der Waals surface area contributed by atoms with E-state index in [-0.39, 0.29) is 24.4 Å². The number of carbonyl (C=O) groups is 1. The molecule has 2 amide bonds. The Morgan fingerprint density at radius 1 is 1.09 bits per heavy atom. The quantitative estimate of drug-likeness (QED) is 0.888. The second-order valence-corrected chi connectivity index (χ2v) is 4.55. The highest BCUT2D eigenvalue weighted by atomic mass is 19.4. The fourth-order valence-electron chi connectivity index (χ4n) is 1.80. The molecule has 0 unspecified atom stereocenters. The van der Waals surface area contributed by atoms with Gasteiger partial charge >= 0.3 is 12.4 Å². The Labute approximate surface area is 130 Å². The lowest BCUT2D eigenvalue weighted by Gasteiger charge is -2.14. The van der Waals surface area contributed by atoms with Crippen LogP contribution in [0.2, 0.25) is 0 Å². The number of carbonyl (C=O) groups excluding carboxylic acids is 1. The number of halogens is 3. The molecular weight excluding hydrogens is 311 g/mol. The fraction of sp³-hybridized carbons (Fsp3) is 0.200. The van der Waals surface area contributed by atoms with Crippen molar-refractivity contribution in [3.63, 3.8) is 0 Å². The Balaban J connectivity index is 1.87. The standard InChI is InChI=1S/C15H14F3N3O2/c16-15(17,18)23-13-6-2-1-5-12(13)10-21-14(22)20-9-11-4-3-7-19-8-11/h1-8H,9-10H2,(H2,20,21,22). The summed E-state index contributed by atoms with van der Waals surface area (Å²) in [6.45, 7) is 0.172. The van der Waals surface area contributed by atoms with E-state index >= 15 is 0 Å². The summed E-state index contributed by atoms with van der Waals surface area (Å²) in [5, 5.41) is 5.06. The third-order valence-corrected chi connectivity index (χ3v) is 2.81. The summed E-state index contributed by atoms with van der Waals surface area (Å²) in [6, 6.07) is 8.65. The number of aromatic nitrogens is 1. The smallest absolute Gasteiger partial charge is 0.405 e. The summed E-state index contributed by atoms with van der Waals surface area (Å²) < 4.78 is 40.8. The lowest BCUT2D eigenvalue weighted by molar-refractivity contribution is -0.274. The predicted octanol–water partition coefficient (Wildman–Crippen LogP) is 2.98. The Bertz CT molecular complexity index is 648. The van der Waals surface area contributed by atoms with E-state index in [1.807, 2.05) is 0 Å². The van der Waals surface area contributed by atoms with Crippen LogP contribution in [0.1, 0.15) is 11.1 Å². The molecule has 0 saturated carbocycles. The van der Waals surface area contributed by atoms with Crippen LogP contribution >= 0.6 is 0 Å². The molecule has 23 heavy (non-hydrogen) atoms. The van der Waals surface area contributed by atoms with Crippen LogP contribution in [0.3, 0.4) is 0 Å². The van der Waals surface area contributed by atoms with Crippen LogP contribution in [-0.2, 0) is 13.1 Å². The van der Waals surface area contributed by atoms with Crippen LogP contribution in [0.25, 0.3) is 0 Å². The van der Waals surface area contributed by atoms with Crippen molar-refractivity contribution in [1.29, 1.82) is 0 Å². The normalized spacial score (nSPS) is 10.9. The summed E-state index contributed by atoms with van der Waals surface area (Å²) in [4.78, 5) is 15.6. The molecule has 2 rings (SSSR count). The summed E-state index contributed by atoms with van der Waals surface area (Å²) >= 11 is 0. The first-order valence-electron chi connectivity index (χ1n) is 6.68. The topological polar surface area (TPSA) is 63.2 Å². The number of nitrogens with one attached hydrogen (secondary N) is 2. The van der Waals surface area contributed by atoms with E-state index in [1.165, 1.54) is 18.2 Å². The van der Waals surface area contributed by atoms with Gasteiger partial charge in [0.1, 0.15) is 5.75 Å². The first-order valence-corrected chi connectivity index (χ1v) is 6.68. The number of hydrogen-bond acceptors (Lipinski definition) is 3. The molecular formula is C15H14F3N3O2. The van der Waals surface area contributed by atoms with Gasteiger partial charge < -0.3 is 15.4 Å². The molecule has 2 N–H and O–H groups in total. The molecule has 0 aliphatic heterocycles. The first kappa shape index (κ1) is 16.6. The number of urea groups is 1. The zero-order valence-corrected chi connectivity index (χ0v) is 11.9. The van der Waals surface area contributed by atoms with E-state index in [9.17, 15) is 18.0 Å².